The monoisotopic (exact) mass is 360 g/mol. The number of aliphatic hydroxyl groups is 1. The van der Waals surface area contributed by atoms with E-state index in [-0.39, 0.29) is 6.10 Å². The van der Waals surface area contributed by atoms with Gasteiger partial charge in [0.1, 0.15) is 0 Å². The molecule has 148 valence electrons. The van der Waals surface area contributed by atoms with E-state index in [0.717, 1.165) is 42.1 Å². The minimum absolute atomic E-state index is 0.117. The molecule has 1 heterocycles. The van der Waals surface area contributed by atoms with Crippen LogP contribution in [0.5, 0.6) is 0 Å². The van der Waals surface area contributed by atoms with Gasteiger partial charge in [-0.15, -0.1) is 0 Å². The van der Waals surface area contributed by atoms with Gasteiger partial charge in [0, 0.05) is 0 Å². The summed E-state index contributed by atoms with van der Waals surface area (Å²) in [6, 6.07) is 0. The summed E-state index contributed by atoms with van der Waals surface area (Å²) in [5.74, 6) is 6.11. The molecular weight excluding hydrogens is 320 g/mol. The van der Waals surface area contributed by atoms with Crippen molar-refractivity contribution in [2.45, 2.75) is 96.7 Å². The zero-order chi connectivity index (χ0) is 18.1. The van der Waals surface area contributed by atoms with Crippen LogP contribution in [-0.4, -0.2) is 23.4 Å². The molecule has 26 heavy (non-hydrogen) atoms. The van der Waals surface area contributed by atoms with Crippen molar-refractivity contribution in [1.82, 2.24) is 0 Å². The van der Waals surface area contributed by atoms with Crippen LogP contribution in [0, 0.1) is 46.8 Å². The molecule has 0 bridgehead atoms. The Balaban J connectivity index is 1.39. The smallest absolute Gasteiger partial charge is 0.0919 e. The van der Waals surface area contributed by atoms with Crippen molar-refractivity contribution in [2.24, 2.45) is 46.8 Å². The highest BCUT2D eigenvalue weighted by molar-refractivity contribution is 5.10. The average molecular weight is 361 g/mol. The molecule has 2 heteroatoms. The molecule has 0 aromatic heterocycles. The third-order valence-corrected chi connectivity index (χ3v) is 9.79. The van der Waals surface area contributed by atoms with Crippen LogP contribution in [-0.2, 0) is 4.74 Å². The molecule has 1 aliphatic heterocycles. The highest BCUT2D eigenvalue weighted by atomic mass is 16.6. The molecular formula is C24H40O2. The molecule has 5 fully saturated rings. The average Bonchev–Trinajstić information content (AvgIpc) is 3.22. The lowest BCUT2D eigenvalue weighted by Crippen LogP contribution is -2.51. The number of hydrogen-bond acceptors (Lipinski definition) is 2. The predicted octanol–water partition coefficient (Wildman–Crippen LogP) is 5.43. The van der Waals surface area contributed by atoms with Crippen molar-refractivity contribution in [3.8, 4) is 0 Å². The second-order valence-electron chi connectivity index (χ2n) is 11.4. The first-order valence-corrected chi connectivity index (χ1v) is 11.8. The van der Waals surface area contributed by atoms with E-state index in [4.69, 9.17) is 4.74 Å². The predicted molar refractivity (Wildman–Crippen MR) is 105 cm³/mol. The number of epoxide rings is 1. The minimum atomic E-state index is -0.117. The molecule has 9 atom stereocenters. The fourth-order valence-electron chi connectivity index (χ4n) is 9.05. The van der Waals surface area contributed by atoms with E-state index in [1.807, 2.05) is 0 Å². The Morgan fingerprint density at radius 3 is 2.38 bits per heavy atom. The molecule has 0 aromatic carbocycles. The Labute approximate surface area is 160 Å². The molecule has 4 aliphatic carbocycles. The number of ether oxygens (including phenoxy) is 1. The standard InChI is InChI=1S/C24H40O2/c1-15(2)12-24-11-9-19-18-8-10-23(14-26-23)13-17(18)4-5-20(19)22(24)7-6-21(24)16(3)25/h15-22,25H,4-14H2,1-3H3/t16?,17-,18+,19-,20-,21-,22+,23?,24+/m1/s1. The fourth-order valence-corrected chi connectivity index (χ4v) is 9.05. The van der Waals surface area contributed by atoms with Crippen LogP contribution in [0.25, 0.3) is 0 Å². The van der Waals surface area contributed by atoms with Crippen molar-refractivity contribution >= 4 is 0 Å². The fraction of sp³-hybridized carbons (Fsp3) is 1.00. The van der Waals surface area contributed by atoms with Gasteiger partial charge in [0.05, 0.1) is 18.3 Å². The van der Waals surface area contributed by atoms with Crippen LogP contribution in [0.15, 0.2) is 0 Å². The summed E-state index contributed by atoms with van der Waals surface area (Å²) in [4.78, 5) is 0. The van der Waals surface area contributed by atoms with Crippen molar-refractivity contribution in [3.63, 3.8) is 0 Å². The number of aliphatic hydroxyl groups excluding tert-OH is 1. The second-order valence-corrected chi connectivity index (χ2v) is 11.4. The van der Waals surface area contributed by atoms with E-state index in [2.05, 4.69) is 20.8 Å². The SMILES string of the molecule is CC(C)C[C@]12CC[C@H]3[C@@H](CC[C@@H]4CC5(CC[C@@H]43)CO5)[C@@H]1CC[C@@H]2C(C)O. The third kappa shape index (κ3) is 2.65. The van der Waals surface area contributed by atoms with Gasteiger partial charge in [-0.1, -0.05) is 13.8 Å². The van der Waals surface area contributed by atoms with Gasteiger partial charge >= 0.3 is 0 Å². The third-order valence-electron chi connectivity index (χ3n) is 9.79. The zero-order valence-electron chi connectivity index (χ0n) is 17.3. The van der Waals surface area contributed by atoms with Crippen LogP contribution in [0.4, 0.5) is 0 Å². The lowest BCUT2D eigenvalue weighted by atomic mass is 9.47. The van der Waals surface area contributed by atoms with Gasteiger partial charge < -0.3 is 9.84 Å². The Morgan fingerprint density at radius 2 is 1.69 bits per heavy atom. The molecule has 1 spiro atoms. The molecule has 4 saturated carbocycles. The number of rotatable bonds is 3. The molecule has 5 aliphatic rings. The van der Waals surface area contributed by atoms with Crippen LogP contribution in [0.1, 0.15) is 85.0 Å². The highest BCUT2D eigenvalue weighted by Gasteiger charge is 2.61. The number of hydrogen-bond donors (Lipinski definition) is 1. The quantitative estimate of drug-likeness (QED) is 0.681. The lowest BCUT2D eigenvalue weighted by molar-refractivity contribution is -0.0994. The summed E-state index contributed by atoms with van der Waals surface area (Å²) in [6.07, 6.45) is 13.9. The maximum atomic E-state index is 10.6. The Kier molecular flexibility index (Phi) is 4.29. The van der Waals surface area contributed by atoms with Crippen molar-refractivity contribution < 1.29 is 9.84 Å². The number of fused-ring (bicyclic) bond motifs is 5. The van der Waals surface area contributed by atoms with Gasteiger partial charge in [-0.25, -0.2) is 0 Å². The maximum Gasteiger partial charge on any atom is 0.0919 e. The molecule has 2 nitrogen and oxygen atoms in total. The molecule has 1 N–H and O–H groups in total. The zero-order valence-corrected chi connectivity index (χ0v) is 17.3. The lowest BCUT2D eigenvalue weighted by Gasteiger charge is -2.58. The van der Waals surface area contributed by atoms with Crippen LogP contribution < -0.4 is 0 Å². The Morgan fingerprint density at radius 1 is 0.923 bits per heavy atom. The van der Waals surface area contributed by atoms with Gasteiger partial charge in [-0.05, 0) is 118 Å². The van der Waals surface area contributed by atoms with Crippen LogP contribution in [0.2, 0.25) is 0 Å². The summed E-state index contributed by atoms with van der Waals surface area (Å²) >= 11 is 0. The van der Waals surface area contributed by atoms with Gasteiger partial charge in [0.25, 0.3) is 0 Å². The van der Waals surface area contributed by atoms with Crippen molar-refractivity contribution in [1.29, 1.82) is 0 Å². The van der Waals surface area contributed by atoms with Gasteiger partial charge in [0.15, 0.2) is 0 Å². The Bertz CT molecular complexity index is 536. The van der Waals surface area contributed by atoms with E-state index >= 15 is 0 Å². The molecule has 5 rings (SSSR count). The van der Waals surface area contributed by atoms with Crippen molar-refractivity contribution in [2.75, 3.05) is 6.61 Å². The summed E-state index contributed by atoms with van der Waals surface area (Å²) < 4.78 is 5.86. The first-order chi connectivity index (χ1) is 12.4. The molecule has 0 radical (unpaired) electrons. The van der Waals surface area contributed by atoms with Gasteiger partial charge in [0.2, 0.25) is 0 Å². The summed E-state index contributed by atoms with van der Waals surface area (Å²) in [7, 11) is 0. The van der Waals surface area contributed by atoms with Crippen molar-refractivity contribution in [3.05, 3.63) is 0 Å². The van der Waals surface area contributed by atoms with E-state index in [1.165, 1.54) is 64.2 Å². The first-order valence-electron chi connectivity index (χ1n) is 11.8. The molecule has 0 aromatic rings. The minimum Gasteiger partial charge on any atom is -0.393 e. The maximum absolute atomic E-state index is 10.6. The van der Waals surface area contributed by atoms with E-state index in [1.54, 1.807) is 0 Å². The van der Waals surface area contributed by atoms with Gasteiger partial charge in [-0.2, -0.15) is 0 Å². The summed E-state index contributed by atoms with van der Waals surface area (Å²) in [6.45, 7) is 7.94. The Hall–Kier alpha value is -0.0800. The molecule has 1 saturated heterocycles. The summed E-state index contributed by atoms with van der Waals surface area (Å²) in [5, 5.41) is 10.6. The van der Waals surface area contributed by atoms with Crippen LogP contribution >= 0.6 is 0 Å². The highest BCUT2D eigenvalue weighted by Crippen LogP contribution is 2.67. The van der Waals surface area contributed by atoms with Gasteiger partial charge in [-0.3, -0.25) is 0 Å². The van der Waals surface area contributed by atoms with E-state index < -0.39 is 0 Å². The topological polar surface area (TPSA) is 32.8 Å². The molecule has 0 amide bonds. The normalized spacial score (nSPS) is 53.9. The second kappa shape index (κ2) is 6.21. The van der Waals surface area contributed by atoms with E-state index in [0.29, 0.717) is 16.9 Å². The van der Waals surface area contributed by atoms with Crippen LogP contribution in [0.3, 0.4) is 0 Å². The summed E-state index contributed by atoms with van der Waals surface area (Å²) in [5.41, 5.74) is 0.792. The molecule has 2 unspecified atom stereocenters. The largest absolute Gasteiger partial charge is 0.393 e. The van der Waals surface area contributed by atoms with E-state index in [9.17, 15) is 5.11 Å². The first kappa shape index (κ1) is 18.0.